The van der Waals surface area contributed by atoms with E-state index in [9.17, 15) is 9.18 Å². The van der Waals surface area contributed by atoms with Crippen LogP contribution >= 0.6 is 0 Å². The van der Waals surface area contributed by atoms with Crippen LogP contribution in [0.1, 0.15) is 46.7 Å². The summed E-state index contributed by atoms with van der Waals surface area (Å²) in [6, 6.07) is 5.55. The number of hydrogen-bond acceptors (Lipinski definition) is 4. The molecule has 6 heteroatoms. The summed E-state index contributed by atoms with van der Waals surface area (Å²) in [7, 11) is 0. The summed E-state index contributed by atoms with van der Waals surface area (Å²) in [5, 5.41) is 6.23. The van der Waals surface area contributed by atoms with Gasteiger partial charge in [-0.25, -0.2) is 14.4 Å². The molecule has 0 bridgehead atoms. The van der Waals surface area contributed by atoms with Crippen LogP contribution in [-0.2, 0) is 12.8 Å². The van der Waals surface area contributed by atoms with Crippen molar-refractivity contribution in [1.82, 2.24) is 15.3 Å². The van der Waals surface area contributed by atoms with Gasteiger partial charge in [0, 0.05) is 29.9 Å². The van der Waals surface area contributed by atoms with Crippen LogP contribution in [0.3, 0.4) is 0 Å². The van der Waals surface area contributed by atoms with E-state index in [1.165, 1.54) is 48.4 Å². The number of carbonyl (C=O) groups excluding carboxylic acids is 1. The van der Waals surface area contributed by atoms with E-state index in [0.29, 0.717) is 12.1 Å². The number of aryl methyl sites for hydroxylation is 2. The van der Waals surface area contributed by atoms with Crippen molar-refractivity contribution in [2.75, 3.05) is 18.4 Å². The molecule has 1 aromatic heterocycles. The van der Waals surface area contributed by atoms with E-state index < -0.39 is 0 Å². The number of aromatic nitrogens is 2. The molecule has 3 rings (SSSR count). The molecule has 1 heterocycles. The summed E-state index contributed by atoms with van der Waals surface area (Å²) < 4.78 is 12.9. The lowest BCUT2D eigenvalue weighted by Crippen LogP contribution is -2.26. The Balaban J connectivity index is 1.47. The van der Waals surface area contributed by atoms with E-state index in [4.69, 9.17) is 0 Å². The van der Waals surface area contributed by atoms with E-state index >= 15 is 0 Å². The van der Waals surface area contributed by atoms with E-state index in [1.54, 1.807) is 0 Å². The molecule has 2 aromatic rings. The Kier molecular flexibility index (Phi) is 5.58. The number of carbonyl (C=O) groups is 1. The Bertz CT molecular complexity index is 746. The van der Waals surface area contributed by atoms with Crippen molar-refractivity contribution in [2.24, 2.45) is 0 Å². The largest absolute Gasteiger partial charge is 0.370 e. The standard InChI is InChI=1S/C19H23FN4O/c1-13-23-17-6-3-2-5-16(17)18(24-13)21-11-4-12-22-19(25)14-7-9-15(20)10-8-14/h7-10H,2-6,11-12H2,1H3,(H,22,25)(H,21,23,24). The highest BCUT2D eigenvalue weighted by molar-refractivity contribution is 5.94. The van der Waals surface area contributed by atoms with Gasteiger partial charge in [-0.2, -0.15) is 0 Å². The van der Waals surface area contributed by atoms with Crippen LogP contribution in [0.15, 0.2) is 24.3 Å². The van der Waals surface area contributed by atoms with Gasteiger partial charge in [0.05, 0.1) is 0 Å². The third-order valence-corrected chi connectivity index (χ3v) is 4.33. The summed E-state index contributed by atoms with van der Waals surface area (Å²) >= 11 is 0. The first-order chi connectivity index (χ1) is 12.1. The van der Waals surface area contributed by atoms with Gasteiger partial charge < -0.3 is 10.6 Å². The Labute approximate surface area is 147 Å². The summed E-state index contributed by atoms with van der Waals surface area (Å²) in [5.74, 6) is 1.21. The predicted octanol–water partition coefficient (Wildman–Crippen LogP) is 3.03. The van der Waals surface area contributed by atoms with Crippen LogP contribution in [-0.4, -0.2) is 29.0 Å². The zero-order valence-corrected chi connectivity index (χ0v) is 14.4. The molecular formula is C19H23FN4O. The number of benzene rings is 1. The minimum atomic E-state index is -0.343. The van der Waals surface area contributed by atoms with Gasteiger partial charge in [0.25, 0.3) is 5.91 Å². The Hall–Kier alpha value is -2.50. The molecular weight excluding hydrogens is 319 g/mol. The predicted molar refractivity (Wildman–Crippen MR) is 95.3 cm³/mol. The van der Waals surface area contributed by atoms with Crippen molar-refractivity contribution in [2.45, 2.75) is 39.0 Å². The fourth-order valence-corrected chi connectivity index (χ4v) is 3.06. The van der Waals surface area contributed by atoms with Crippen molar-refractivity contribution in [1.29, 1.82) is 0 Å². The minimum absolute atomic E-state index is 0.185. The molecule has 5 nitrogen and oxygen atoms in total. The molecule has 0 unspecified atom stereocenters. The van der Waals surface area contributed by atoms with Gasteiger partial charge in [-0.15, -0.1) is 0 Å². The average molecular weight is 342 g/mol. The SMILES string of the molecule is Cc1nc2c(c(NCCCNC(=O)c3ccc(F)cc3)n1)CCCC2. The lowest BCUT2D eigenvalue weighted by Gasteiger charge is -2.19. The van der Waals surface area contributed by atoms with Gasteiger partial charge in [0.2, 0.25) is 0 Å². The molecule has 2 N–H and O–H groups in total. The minimum Gasteiger partial charge on any atom is -0.370 e. The van der Waals surface area contributed by atoms with E-state index in [-0.39, 0.29) is 11.7 Å². The number of fused-ring (bicyclic) bond motifs is 1. The first-order valence-corrected chi connectivity index (χ1v) is 8.77. The smallest absolute Gasteiger partial charge is 0.251 e. The zero-order chi connectivity index (χ0) is 17.6. The van der Waals surface area contributed by atoms with Crippen molar-refractivity contribution < 1.29 is 9.18 Å². The van der Waals surface area contributed by atoms with Crippen LogP contribution in [0.25, 0.3) is 0 Å². The van der Waals surface area contributed by atoms with Gasteiger partial charge in [0.1, 0.15) is 17.5 Å². The van der Waals surface area contributed by atoms with Crippen LogP contribution in [0, 0.1) is 12.7 Å². The molecule has 1 amide bonds. The maximum atomic E-state index is 12.9. The number of anilines is 1. The topological polar surface area (TPSA) is 66.9 Å². The van der Waals surface area contributed by atoms with Gasteiger partial charge in [-0.05, 0) is 63.3 Å². The first-order valence-electron chi connectivity index (χ1n) is 8.77. The van der Waals surface area contributed by atoms with Crippen LogP contribution in [0.5, 0.6) is 0 Å². The molecule has 1 aliphatic rings. The number of nitrogens with zero attached hydrogens (tertiary/aromatic N) is 2. The van der Waals surface area contributed by atoms with Crippen molar-refractivity contribution >= 4 is 11.7 Å². The fraction of sp³-hybridized carbons (Fsp3) is 0.421. The lowest BCUT2D eigenvalue weighted by atomic mass is 9.96. The maximum absolute atomic E-state index is 12.9. The maximum Gasteiger partial charge on any atom is 0.251 e. The second-order valence-corrected chi connectivity index (χ2v) is 6.29. The van der Waals surface area contributed by atoms with Crippen LogP contribution < -0.4 is 10.6 Å². The first kappa shape index (κ1) is 17.3. The van der Waals surface area contributed by atoms with Crippen molar-refractivity contribution in [3.8, 4) is 0 Å². The van der Waals surface area contributed by atoms with E-state index in [1.807, 2.05) is 6.92 Å². The Morgan fingerprint density at radius 3 is 2.68 bits per heavy atom. The number of halogens is 1. The molecule has 1 aromatic carbocycles. The third-order valence-electron chi connectivity index (χ3n) is 4.33. The molecule has 0 atom stereocenters. The van der Waals surface area contributed by atoms with Gasteiger partial charge >= 0.3 is 0 Å². The summed E-state index contributed by atoms with van der Waals surface area (Å²) in [5.41, 5.74) is 2.88. The lowest BCUT2D eigenvalue weighted by molar-refractivity contribution is 0.0953. The quantitative estimate of drug-likeness (QED) is 0.792. The number of rotatable bonds is 6. The third kappa shape index (κ3) is 4.53. The van der Waals surface area contributed by atoms with Crippen molar-refractivity contribution in [3.05, 3.63) is 52.7 Å². The van der Waals surface area contributed by atoms with Crippen molar-refractivity contribution in [3.63, 3.8) is 0 Å². The Morgan fingerprint density at radius 2 is 1.88 bits per heavy atom. The van der Waals surface area contributed by atoms with E-state index in [2.05, 4.69) is 20.6 Å². The van der Waals surface area contributed by atoms with E-state index in [0.717, 1.165) is 37.4 Å². The molecule has 0 saturated heterocycles. The molecule has 0 fully saturated rings. The van der Waals surface area contributed by atoms with Gasteiger partial charge in [0.15, 0.2) is 0 Å². The molecule has 0 radical (unpaired) electrons. The second kappa shape index (κ2) is 8.05. The van der Waals surface area contributed by atoms with Gasteiger partial charge in [-0.1, -0.05) is 0 Å². The summed E-state index contributed by atoms with van der Waals surface area (Å²) in [6.07, 6.45) is 5.21. The number of nitrogens with one attached hydrogen (secondary N) is 2. The zero-order valence-electron chi connectivity index (χ0n) is 14.4. The second-order valence-electron chi connectivity index (χ2n) is 6.29. The molecule has 0 aliphatic heterocycles. The monoisotopic (exact) mass is 342 g/mol. The highest BCUT2D eigenvalue weighted by atomic mass is 19.1. The molecule has 25 heavy (non-hydrogen) atoms. The summed E-state index contributed by atoms with van der Waals surface area (Å²) in [4.78, 5) is 21.0. The van der Waals surface area contributed by atoms with Crippen LogP contribution in [0.4, 0.5) is 10.2 Å². The molecule has 0 spiro atoms. The van der Waals surface area contributed by atoms with Gasteiger partial charge in [-0.3, -0.25) is 4.79 Å². The highest BCUT2D eigenvalue weighted by Gasteiger charge is 2.16. The summed E-state index contributed by atoms with van der Waals surface area (Å²) in [6.45, 7) is 3.20. The normalized spacial score (nSPS) is 13.2. The number of amides is 1. The highest BCUT2D eigenvalue weighted by Crippen LogP contribution is 2.25. The van der Waals surface area contributed by atoms with Crippen LogP contribution in [0.2, 0.25) is 0 Å². The molecule has 1 aliphatic carbocycles. The Morgan fingerprint density at radius 1 is 1.12 bits per heavy atom. The molecule has 132 valence electrons. The average Bonchev–Trinajstić information content (AvgIpc) is 2.61. The fourth-order valence-electron chi connectivity index (χ4n) is 3.06. The number of hydrogen-bond donors (Lipinski definition) is 2. The molecule has 0 saturated carbocycles.